The maximum absolute atomic E-state index is 12.2. The van der Waals surface area contributed by atoms with Crippen LogP contribution in [0.1, 0.15) is 21.6 Å². The molecule has 0 saturated heterocycles. The van der Waals surface area contributed by atoms with Gasteiger partial charge < -0.3 is 9.73 Å². The lowest BCUT2D eigenvalue weighted by Gasteiger charge is -2.05. The number of benzene rings is 1. The molecule has 0 aliphatic heterocycles. The minimum absolute atomic E-state index is 0.204. The smallest absolute Gasteiger partial charge is 0.273 e. The molecule has 22 heavy (non-hydrogen) atoms. The van der Waals surface area contributed by atoms with Gasteiger partial charge in [0.2, 0.25) is 0 Å². The first kappa shape index (κ1) is 14.5. The van der Waals surface area contributed by atoms with Gasteiger partial charge in [-0.2, -0.15) is 0 Å². The molecule has 1 aromatic carbocycles. The van der Waals surface area contributed by atoms with Crippen LogP contribution in [0.25, 0.3) is 10.6 Å². The molecule has 4 nitrogen and oxygen atoms in total. The largest absolute Gasteiger partial charge is 0.442 e. The van der Waals surface area contributed by atoms with Gasteiger partial charge in [0.1, 0.15) is 0 Å². The first-order valence-corrected chi connectivity index (χ1v) is 7.93. The zero-order valence-electron chi connectivity index (χ0n) is 12.2. The zero-order chi connectivity index (χ0) is 15.4. The summed E-state index contributed by atoms with van der Waals surface area (Å²) >= 11 is 1.52. The van der Waals surface area contributed by atoms with Gasteiger partial charge in [0.25, 0.3) is 5.91 Å². The van der Waals surface area contributed by atoms with Gasteiger partial charge in [0.05, 0.1) is 4.88 Å². The standard InChI is InChI=1S/C17H16N2O2S/c1-12-4-6-13(7-5-12)8-9-18-17(20)15-16(21-11-19-15)14-3-2-10-22-14/h2-7,10-11H,8-9H2,1H3,(H,18,20). The fourth-order valence-corrected chi connectivity index (χ4v) is 2.86. The van der Waals surface area contributed by atoms with Crippen molar-refractivity contribution in [3.63, 3.8) is 0 Å². The predicted octanol–water partition coefficient (Wildman–Crippen LogP) is 3.68. The number of nitrogens with one attached hydrogen (secondary N) is 1. The van der Waals surface area contributed by atoms with Crippen LogP contribution in [-0.4, -0.2) is 17.4 Å². The Kier molecular flexibility index (Phi) is 4.34. The average Bonchev–Trinajstić information content (AvgIpc) is 3.19. The van der Waals surface area contributed by atoms with Crippen LogP contribution in [0.2, 0.25) is 0 Å². The number of carbonyl (C=O) groups excluding carboxylic acids is 1. The van der Waals surface area contributed by atoms with E-state index in [1.54, 1.807) is 0 Å². The van der Waals surface area contributed by atoms with Crippen LogP contribution >= 0.6 is 11.3 Å². The van der Waals surface area contributed by atoms with Crippen molar-refractivity contribution in [3.05, 3.63) is 65.0 Å². The van der Waals surface area contributed by atoms with Gasteiger partial charge in [-0.15, -0.1) is 11.3 Å². The second kappa shape index (κ2) is 6.58. The summed E-state index contributed by atoms with van der Waals surface area (Å²) in [5.41, 5.74) is 2.77. The molecule has 3 aromatic rings. The summed E-state index contributed by atoms with van der Waals surface area (Å²) in [5, 5.41) is 4.84. The topological polar surface area (TPSA) is 55.1 Å². The number of hydrogen-bond donors (Lipinski definition) is 1. The Morgan fingerprint density at radius 3 is 2.82 bits per heavy atom. The average molecular weight is 312 g/mol. The van der Waals surface area contributed by atoms with Crippen LogP contribution in [0.5, 0.6) is 0 Å². The second-order valence-electron chi connectivity index (χ2n) is 5.00. The molecule has 0 aliphatic rings. The van der Waals surface area contributed by atoms with E-state index in [1.165, 1.54) is 28.9 Å². The van der Waals surface area contributed by atoms with E-state index in [2.05, 4.69) is 41.5 Å². The quantitative estimate of drug-likeness (QED) is 0.782. The number of amides is 1. The highest BCUT2D eigenvalue weighted by molar-refractivity contribution is 7.13. The maximum Gasteiger partial charge on any atom is 0.273 e. The summed E-state index contributed by atoms with van der Waals surface area (Å²) in [6, 6.07) is 12.1. The number of rotatable bonds is 5. The number of oxazole rings is 1. The molecule has 0 bridgehead atoms. The summed E-state index contributed by atoms with van der Waals surface area (Å²) in [6.45, 7) is 2.63. The van der Waals surface area contributed by atoms with Crippen LogP contribution in [0.4, 0.5) is 0 Å². The molecule has 0 saturated carbocycles. The van der Waals surface area contributed by atoms with Gasteiger partial charge in [-0.1, -0.05) is 35.9 Å². The summed E-state index contributed by atoms with van der Waals surface area (Å²) < 4.78 is 5.35. The van der Waals surface area contributed by atoms with Crippen molar-refractivity contribution in [2.75, 3.05) is 6.54 Å². The van der Waals surface area contributed by atoms with Gasteiger partial charge in [0.15, 0.2) is 17.8 Å². The Bertz CT molecular complexity index is 745. The van der Waals surface area contributed by atoms with E-state index in [0.29, 0.717) is 18.0 Å². The fraction of sp³-hybridized carbons (Fsp3) is 0.176. The lowest BCUT2D eigenvalue weighted by Crippen LogP contribution is -2.26. The van der Waals surface area contributed by atoms with Crippen LogP contribution in [-0.2, 0) is 6.42 Å². The highest BCUT2D eigenvalue weighted by Gasteiger charge is 2.18. The van der Waals surface area contributed by atoms with E-state index < -0.39 is 0 Å². The molecule has 0 aliphatic carbocycles. The highest BCUT2D eigenvalue weighted by atomic mass is 32.1. The number of hydrogen-bond acceptors (Lipinski definition) is 4. The molecule has 0 spiro atoms. The molecule has 0 unspecified atom stereocenters. The molecule has 3 rings (SSSR count). The Hall–Kier alpha value is -2.40. The molecule has 1 N–H and O–H groups in total. The van der Waals surface area contributed by atoms with Crippen LogP contribution in [0, 0.1) is 6.92 Å². The van der Waals surface area contributed by atoms with Gasteiger partial charge >= 0.3 is 0 Å². The van der Waals surface area contributed by atoms with Crippen molar-refractivity contribution < 1.29 is 9.21 Å². The predicted molar refractivity (Wildman–Crippen MR) is 87.0 cm³/mol. The van der Waals surface area contributed by atoms with Crippen LogP contribution < -0.4 is 5.32 Å². The summed E-state index contributed by atoms with van der Waals surface area (Å²) in [4.78, 5) is 17.2. The van der Waals surface area contributed by atoms with Crippen LogP contribution in [0.3, 0.4) is 0 Å². The van der Waals surface area contributed by atoms with Crippen molar-refractivity contribution in [1.29, 1.82) is 0 Å². The van der Waals surface area contributed by atoms with E-state index in [1.807, 2.05) is 17.5 Å². The van der Waals surface area contributed by atoms with Gasteiger partial charge in [0, 0.05) is 6.54 Å². The minimum Gasteiger partial charge on any atom is -0.442 e. The number of aryl methyl sites for hydroxylation is 1. The Labute approximate surface area is 132 Å². The zero-order valence-corrected chi connectivity index (χ0v) is 13.0. The summed E-state index contributed by atoms with van der Waals surface area (Å²) in [5.74, 6) is 0.326. The van der Waals surface area contributed by atoms with Gasteiger partial charge in [-0.05, 0) is 30.4 Å². The number of aromatic nitrogens is 1. The molecule has 2 heterocycles. The van der Waals surface area contributed by atoms with E-state index in [-0.39, 0.29) is 5.91 Å². The van der Waals surface area contributed by atoms with E-state index in [0.717, 1.165) is 11.3 Å². The number of nitrogens with zero attached hydrogens (tertiary/aromatic N) is 1. The van der Waals surface area contributed by atoms with Crippen molar-refractivity contribution in [2.45, 2.75) is 13.3 Å². The first-order chi connectivity index (χ1) is 10.7. The van der Waals surface area contributed by atoms with Crippen LogP contribution in [0.15, 0.2) is 52.6 Å². The second-order valence-corrected chi connectivity index (χ2v) is 5.95. The molecule has 5 heteroatoms. The maximum atomic E-state index is 12.2. The van der Waals surface area contributed by atoms with Gasteiger partial charge in [-0.25, -0.2) is 4.98 Å². The SMILES string of the molecule is Cc1ccc(CCNC(=O)c2ncoc2-c2cccs2)cc1. The number of carbonyl (C=O) groups is 1. The Morgan fingerprint density at radius 2 is 2.09 bits per heavy atom. The van der Waals surface area contributed by atoms with E-state index in [4.69, 9.17) is 4.42 Å². The lowest BCUT2D eigenvalue weighted by atomic mass is 10.1. The third kappa shape index (κ3) is 3.26. The van der Waals surface area contributed by atoms with Crippen molar-refractivity contribution in [2.24, 2.45) is 0 Å². The molecule has 0 atom stereocenters. The normalized spacial score (nSPS) is 10.6. The monoisotopic (exact) mass is 312 g/mol. The van der Waals surface area contributed by atoms with Crippen molar-refractivity contribution in [3.8, 4) is 10.6 Å². The minimum atomic E-state index is -0.204. The molecule has 112 valence electrons. The van der Waals surface area contributed by atoms with E-state index >= 15 is 0 Å². The van der Waals surface area contributed by atoms with Crippen molar-refractivity contribution in [1.82, 2.24) is 10.3 Å². The molecule has 2 aromatic heterocycles. The highest BCUT2D eigenvalue weighted by Crippen LogP contribution is 2.27. The molecular weight excluding hydrogens is 296 g/mol. The summed E-state index contributed by atoms with van der Waals surface area (Å²) in [6.07, 6.45) is 2.10. The molecular formula is C17H16N2O2S. The Balaban J connectivity index is 1.61. The lowest BCUT2D eigenvalue weighted by molar-refractivity contribution is 0.0950. The molecule has 1 amide bonds. The number of thiophene rings is 1. The third-order valence-corrected chi connectivity index (χ3v) is 4.22. The fourth-order valence-electron chi connectivity index (χ4n) is 2.15. The third-order valence-electron chi connectivity index (χ3n) is 3.35. The van der Waals surface area contributed by atoms with E-state index in [9.17, 15) is 4.79 Å². The summed E-state index contributed by atoms with van der Waals surface area (Å²) in [7, 11) is 0. The molecule has 0 radical (unpaired) electrons. The van der Waals surface area contributed by atoms with Gasteiger partial charge in [-0.3, -0.25) is 4.79 Å². The molecule has 0 fully saturated rings. The first-order valence-electron chi connectivity index (χ1n) is 7.05. The Morgan fingerprint density at radius 1 is 1.27 bits per heavy atom. The van der Waals surface area contributed by atoms with Crippen molar-refractivity contribution >= 4 is 17.2 Å².